The first-order valence-corrected chi connectivity index (χ1v) is 46.6. The highest BCUT2D eigenvalue weighted by atomic mass is 35.5. The lowest BCUT2D eigenvalue weighted by atomic mass is 10.0. The third-order valence-corrected chi connectivity index (χ3v) is 27.1. The first kappa shape index (κ1) is 91.5. The molecule has 4 aromatic carbocycles. The van der Waals surface area contributed by atoms with Crippen LogP contribution in [0.4, 0.5) is 23.3 Å². The molecule has 4 unspecified atom stereocenters. The van der Waals surface area contributed by atoms with Crippen molar-refractivity contribution in [3.63, 3.8) is 0 Å². The number of hydrogen-bond acceptors (Lipinski definition) is 26. The number of aromatic nitrogens is 16. The molecule has 696 valence electrons. The first-order chi connectivity index (χ1) is 65.9. The molecule has 6 aliphatic heterocycles. The predicted molar refractivity (Wildman–Crippen MR) is 521 cm³/mol. The van der Waals surface area contributed by atoms with Crippen molar-refractivity contribution < 1.29 is 47.7 Å². The van der Waals surface area contributed by atoms with Gasteiger partial charge in [0.05, 0.1) is 166 Å². The van der Waals surface area contributed by atoms with Gasteiger partial charge in [0, 0.05) is 83.6 Å². The smallest absolute Gasteiger partial charge is 0.273 e. The Balaban J connectivity index is 0.000000116. The number of ketones is 2. The van der Waals surface area contributed by atoms with Crippen molar-refractivity contribution in [3.8, 4) is 0 Å². The van der Waals surface area contributed by atoms with E-state index >= 15 is 0 Å². The van der Waals surface area contributed by atoms with Crippen LogP contribution in [0.2, 0.25) is 20.1 Å². The van der Waals surface area contributed by atoms with Gasteiger partial charge in [0.15, 0.2) is 11.6 Å². The average Bonchev–Trinajstić information content (AvgIpc) is 1.07. The molecule has 22 rings (SSSR count). The van der Waals surface area contributed by atoms with Crippen LogP contribution in [0.5, 0.6) is 0 Å². The van der Waals surface area contributed by atoms with Crippen molar-refractivity contribution in [2.45, 2.75) is 129 Å². The number of aryl methyl sites for hydroxylation is 2. The Labute approximate surface area is 798 Å². The number of nitrogens with one attached hydrogen (secondary N) is 8. The molecule has 6 aliphatic rings. The number of ether oxygens (including phenoxy) is 4. The highest BCUT2D eigenvalue weighted by molar-refractivity contribution is 6.39. The summed E-state index contributed by atoms with van der Waals surface area (Å²) in [6.45, 7) is 21.3. The summed E-state index contributed by atoms with van der Waals surface area (Å²) in [6, 6.07) is 29.5. The molecule has 0 aliphatic carbocycles. The number of morpholine rings is 4. The maximum Gasteiger partial charge on any atom is 0.273 e. The van der Waals surface area contributed by atoms with Crippen LogP contribution in [0, 0.1) is 13.8 Å². The number of nitrogens with zero attached hydrogens (tertiary/aromatic N) is 16. The molecule has 0 spiro atoms. The molecule has 12 aromatic heterocycles. The molecule has 6 fully saturated rings. The summed E-state index contributed by atoms with van der Waals surface area (Å²) in [4.78, 5) is 153. The van der Waals surface area contributed by atoms with Crippen molar-refractivity contribution in [1.29, 1.82) is 0 Å². The van der Waals surface area contributed by atoms with Gasteiger partial charge in [-0.3, -0.25) is 28.8 Å². The second kappa shape index (κ2) is 39.0. The molecule has 136 heavy (non-hydrogen) atoms. The molecule has 4 amide bonds. The van der Waals surface area contributed by atoms with Gasteiger partial charge in [0.2, 0.25) is 0 Å². The second-order valence-corrected chi connectivity index (χ2v) is 36.4. The number of aromatic amines is 4. The Kier molecular flexibility index (Phi) is 26.3. The predicted octanol–water partition coefficient (Wildman–Crippen LogP) is 17.3. The lowest BCUT2D eigenvalue weighted by Crippen LogP contribution is -2.49. The van der Waals surface area contributed by atoms with E-state index in [9.17, 15) is 28.8 Å². The summed E-state index contributed by atoms with van der Waals surface area (Å²) < 4.78 is 22.2. The van der Waals surface area contributed by atoms with Gasteiger partial charge in [-0.1, -0.05) is 94.9 Å². The lowest BCUT2D eigenvalue weighted by molar-refractivity contribution is -0.00750. The zero-order valence-electron chi connectivity index (χ0n) is 75.5. The zero-order valence-corrected chi connectivity index (χ0v) is 78.6. The Morgan fingerprint density at radius 2 is 0.618 bits per heavy atom. The Morgan fingerprint density at radius 1 is 0.353 bits per heavy atom. The molecule has 0 radical (unpaired) electrons. The van der Waals surface area contributed by atoms with E-state index in [1.54, 1.807) is 40.4 Å². The van der Waals surface area contributed by atoms with Gasteiger partial charge in [-0.25, -0.2) is 59.8 Å². The summed E-state index contributed by atoms with van der Waals surface area (Å²) in [6.07, 6.45) is 16.8. The fourth-order valence-electron chi connectivity index (χ4n) is 18.9. The van der Waals surface area contributed by atoms with E-state index in [0.29, 0.717) is 200 Å². The third kappa shape index (κ3) is 18.1. The van der Waals surface area contributed by atoms with Crippen molar-refractivity contribution in [3.05, 3.63) is 235 Å². The lowest BCUT2D eigenvalue weighted by Gasteiger charge is -2.34. The maximum atomic E-state index is 13.9. The Hall–Kier alpha value is -13.6. The quantitative estimate of drug-likeness (QED) is 0.0370. The topological polar surface area (TPSA) is 418 Å². The summed E-state index contributed by atoms with van der Waals surface area (Å²) in [5.41, 5.74) is 10.0. The van der Waals surface area contributed by atoms with E-state index in [0.717, 1.165) is 103 Å². The number of rotatable bonds is 18. The van der Waals surface area contributed by atoms with Crippen LogP contribution in [0.1, 0.15) is 188 Å². The highest BCUT2D eigenvalue weighted by Gasteiger charge is 2.44. The summed E-state index contributed by atoms with van der Waals surface area (Å²) in [7, 11) is 0. The fraction of sp³-hybridized carbons (Fsp3) is 0.327. The standard InChI is InChI=1S/C26H25ClN6O3.C25H25ClN6O2.C24H23ClN6O3.C23H23ClN6O2/c1-13(31-25-22-18(14(2)34)9-28-24(22)29-12-30-25)20-8-15-4-3-5-19(27)21(15)23(32-20)26(35)33-16-6-7-17(33)11-36-10-16;1-13-9-27-23-20(13)24(29-12-28-23)30-14(2)19-8-15-4-3-5-18(26)21(15)22(31-19)25(33)32-16-6-7-17(32)11-34-10-16;1-13(29-23-20-16(14(2)32)11-26-22(20)27-12-28-23)18-10-15-4-3-5-17(25)19(15)21(30-18)24(33)31-6-8-34-9-7-31;1-13-11-25-21-18(13)22(27-12-26-21)28-14(2)17-10-15-4-3-5-16(24)19(15)20(29-17)23(31)30-6-8-32-9-7-30/h3-5,8-9,12-13,16-17H,6-7,10-11H2,1-2H3,(H2,28,29,30,31);3-5,8-9,12,14,16-17H,6-7,10-11H2,1-2H3,(H2,27,28,29,30);3-5,10-13H,6-9H2,1-2H3,(H2,26,27,28,29);3-5,10-12,14H,6-9H2,1-2H3,(H2,25,26,27,28)/t13-,16?,17?;14-,16?,17?;13-;14-/m0000/s1. The van der Waals surface area contributed by atoms with Crippen LogP contribution in [-0.2, 0) is 18.9 Å². The Bertz CT molecular complexity index is 7360. The molecule has 8 atom stereocenters. The number of pyridine rings is 4. The van der Waals surface area contributed by atoms with Crippen LogP contribution in [0.25, 0.3) is 87.2 Å². The van der Waals surface area contributed by atoms with E-state index in [1.165, 1.54) is 39.2 Å². The molecule has 34 nitrogen and oxygen atoms in total. The molecular weight excluding hydrogens is 1820 g/mol. The zero-order chi connectivity index (χ0) is 94.4. The average molecular weight is 1910 g/mol. The number of hydrogen-bond donors (Lipinski definition) is 8. The minimum Gasteiger partial charge on any atom is -0.378 e. The van der Waals surface area contributed by atoms with Crippen LogP contribution < -0.4 is 21.3 Å². The first-order valence-electron chi connectivity index (χ1n) is 45.1. The van der Waals surface area contributed by atoms with Crippen molar-refractivity contribution >= 4 is 192 Å². The van der Waals surface area contributed by atoms with Gasteiger partial charge in [-0.2, -0.15) is 0 Å². The summed E-state index contributed by atoms with van der Waals surface area (Å²) >= 11 is 26.2. The molecule has 18 heterocycles. The Morgan fingerprint density at radius 3 is 0.904 bits per heavy atom. The fourth-order valence-corrected chi connectivity index (χ4v) is 20.0. The number of benzene rings is 4. The highest BCUT2D eigenvalue weighted by Crippen LogP contribution is 2.41. The molecule has 6 saturated heterocycles. The van der Waals surface area contributed by atoms with Gasteiger partial charge in [-0.05, 0) is 162 Å². The monoisotopic (exact) mass is 1910 g/mol. The van der Waals surface area contributed by atoms with Crippen molar-refractivity contribution in [2.24, 2.45) is 0 Å². The number of carbonyl (C=O) groups excluding carboxylic acids is 6. The van der Waals surface area contributed by atoms with Crippen LogP contribution in [-0.4, -0.2) is 238 Å². The SMILES string of the molecule is CC(=O)c1c[nH]c2ncnc(N[C@@H](C)c3cc4cccc(Cl)c4c(C(=O)N4C5CCC4COC5)n3)c12.CC(=O)c1c[nH]c2ncnc(N[C@@H](C)c3cc4cccc(Cl)c4c(C(=O)N4CCOCC4)n3)c12.Cc1c[nH]c2ncnc(N[C@@H](C)c3cc4cccc(Cl)c4c(C(=O)N4C5CCC4COC5)n3)c12.Cc1c[nH]c2ncnc(N[C@@H](C)c3cc4cccc(Cl)c4c(C(=O)N4CCOCC4)n3)c12. The van der Waals surface area contributed by atoms with E-state index in [1.807, 2.05) is 143 Å². The maximum absolute atomic E-state index is 13.9. The van der Waals surface area contributed by atoms with Crippen LogP contribution in [0.3, 0.4) is 0 Å². The number of anilines is 4. The minimum absolute atomic E-state index is 0.0580. The van der Waals surface area contributed by atoms with Gasteiger partial charge in [-0.15, -0.1) is 0 Å². The van der Waals surface area contributed by atoms with E-state index in [4.69, 9.17) is 85.3 Å². The molecule has 16 aromatic rings. The van der Waals surface area contributed by atoms with Crippen molar-refractivity contribution in [1.82, 2.24) is 99.3 Å². The molecule has 8 N–H and O–H groups in total. The van der Waals surface area contributed by atoms with Gasteiger partial charge in [0.1, 0.15) is 93.9 Å². The van der Waals surface area contributed by atoms with Gasteiger partial charge >= 0.3 is 0 Å². The van der Waals surface area contributed by atoms with Crippen LogP contribution >= 0.6 is 46.4 Å². The third-order valence-electron chi connectivity index (χ3n) is 25.9. The molecule has 0 saturated carbocycles. The van der Waals surface area contributed by atoms with Crippen molar-refractivity contribution in [2.75, 3.05) is 100 Å². The number of carbonyl (C=O) groups is 6. The summed E-state index contributed by atoms with van der Waals surface area (Å²) in [5, 5.41) is 24.8. The van der Waals surface area contributed by atoms with Gasteiger partial charge < -0.3 is 79.8 Å². The minimum atomic E-state index is -0.326. The van der Waals surface area contributed by atoms with E-state index < -0.39 is 0 Å². The molecular formula is C98H96Cl4N24O10. The largest absolute Gasteiger partial charge is 0.378 e. The normalized spacial score (nSPS) is 17.9. The molecule has 38 heteroatoms. The second-order valence-electron chi connectivity index (χ2n) is 34.7. The van der Waals surface area contributed by atoms with E-state index in [-0.39, 0.29) is 83.5 Å². The summed E-state index contributed by atoms with van der Waals surface area (Å²) in [5.74, 6) is 1.80. The molecule has 4 bridgehead atoms. The number of H-pyrrole nitrogens is 4. The number of Topliss-reactive ketones (excluding diaryl/α,β-unsaturated/α-hetero) is 2. The van der Waals surface area contributed by atoms with E-state index in [2.05, 4.69) is 81.1 Å². The van der Waals surface area contributed by atoms with Gasteiger partial charge in [0.25, 0.3) is 23.6 Å². The number of halogens is 4. The number of fused-ring (bicyclic) bond motifs is 12. The van der Waals surface area contributed by atoms with Crippen LogP contribution in [0.15, 0.2) is 147 Å². The number of amides is 4.